The second-order valence-corrected chi connectivity index (χ2v) is 6.78. The number of hydrogen-bond donors (Lipinski definition) is 2. The van der Waals surface area contributed by atoms with Crippen molar-refractivity contribution >= 4 is 29.9 Å². The molecule has 0 saturated heterocycles. The maximum absolute atomic E-state index is 5.40. The number of methoxy groups -OCH3 is 1. The summed E-state index contributed by atoms with van der Waals surface area (Å²) in [7, 11) is 1.66. The minimum Gasteiger partial charge on any atom is -0.469 e. The Bertz CT molecular complexity index is 716. The van der Waals surface area contributed by atoms with Gasteiger partial charge in [-0.15, -0.1) is 24.0 Å². The lowest BCUT2D eigenvalue weighted by Gasteiger charge is -2.25. The molecule has 1 atom stereocenters. The van der Waals surface area contributed by atoms with Crippen LogP contribution in [0, 0.1) is 0 Å². The molecule has 2 aromatic heterocycles. The maximum atomic E-state index is 5.40. The summed E-state index contributed by atoms with van der Waals surface area (Å²) in [6, 6.07) is 4.19. The molecule has 3 rings (SSSR count). The smallest absolute Gasteiger partial charge is 0.191 e. The highest BCUT2D eigenvalue weighted by atomic mass is 127. The van der Waals surface area contributed by atoms with E-state index < -0.39 is 0 Å². The van der Waals surface area contributed by atoms with Crippen molar-refractivity contribution in [1.29, 1.82) is 0 Å². The van der Waals surface area contributed by atoms with Gasteiger partial charge in [-0.25, -0.2) is 9.67 Å². The minimum absolute atomic E-state index is 0. The molecule has 2 N–H and O–H groups in total. The van der Waals surface area contributed by atoms with Crippen molar-refractivity contribution in [3.8, 4) is 0 Å². The molecule has 3 heterocycles. The van der Waals surface area contributed by atoms with Crippen molar-refractivity contribution in [2.45, 2.75) is 58.2 Å². The minimum atomic E-state index is 0. The topological polar surface area (TPSA) is 89.5 Å². The fourth-order valence-electron chi connectivity index (χ4n) is 3.12. The van der Waals surface area contributed by atoms with Crippen molar-refractivity contribution in [2.75, 3.05) is 20.2 Å². The van der Waals surface area contributed by atoms with Gasteiger partial charge >= 0.3 is 0 Å². The zero-order chi connectivity index (χ0) is 18.9. The van der Waals surface area contributed by atoms with E-state index in [4.69, 9.17) is 14.1 Å². The summed E-state index contributed by atoms with van der Waals surface area (Å²) >= 11 is 0. The number of aliphatic imine (C=N–C) groups is 1. The van der Waals surface area contributed by atoms with Gasteiger partial charge in [0.05, 0.1) is 12.8 Å². The molecule has 156 valence electrons. The Kier molecular flexibility index (Phi) is 9.76. The highest BCUT2D eigenvalue weighted by Crippen LogP contribution is 2.13. The van der Waals surface area contributed by atoms with Crippen molar-refractivity contribution in [3.63, 3.8) is 0 Å². The number of fused-ring (bicyclic) bond motifs is 1. The van der Waals surface area contributed by atoms with Crippen molar-refractivity contribution in [3.05, 3.63) is 35.8 Å². The summed E-state index contributed by atoms with van der Waals surface area (Å²) in [4.78, 5) is 9.25. The van der Waals surface area contributed by atoms with Gasteiger partial charge in [0.25, 0.3) is 0 Å². The molecule has 0 spiro atoms. The van der Waals surface area contributed by atoms with Crippen LogP contribution < -0.4 is 10.6 Å². The molecule has 28 heavy (non-hydrogen) atoms. The third kappa shape index (κ3) is 6.77. The number of guanidine groups is 1. The van der Waals surface area contributed by atoms with Crippen LogP contribution in [0.3, 0.4) is 0 Å². The second-order valence-electron chi connectivity index (χ2n) is 6.78. The number of unbranched alkanes of at least 4 members (excludes halogenated alkanes) is 1. The fourth-order valence-corrected chi connectivity index (χ4v) is 3.12. The largest absolute Gasteiger partial charge is 0.469 e. The summed E-state index contributed by atoms with van der Waals surface area (Å²) in [5, 5.41) is 11.5. The van der Waals surface area contributed by atoms with Gasteiger partial charge in [-0.05, 0) is 25.0 Å². The average molecular weight is 502 g/mol. The van der Waals surface area contributed by atoms with E-state index in [1.807, 2.05) is 16.8 Å². The third-order valence-corrected chi connectivity index (χ3v) is 4.54. The quantitative estimate of drug-likeness (QED) is 0.237. The number of furan rings is 1. The zero-order valence-electron chi connectivity index (χ0n) is 16.7. The summed E-state index contributed by atoms with van der Waals surface area (Å²) in [6.07, 6.45) is 6.68. The van der Waals surface area contributed by atoms with E-state index in [0.29, 0.717) is 6.61 Å². The predicted molar refractivity (Wildman–Crippen MR) is 119 cm³/mol. The van der Waals surface area contributed by atoms with Crippen LogP contribution in [0.1, 0.15) is 43.6 Å². The third-order valence-electron chi connectivity index (χ3n) is 4.54. The molecule has 1 aliphatic heterocycles. The first-order valence-corrected chi connectivity index (χ1v) is 9.77. The van der Waals surface area contributed by atoms with Gasteiger partial charge in [-0.2, -0.15) is 5.10 Å². The van der Waals surface area contributed by atoms with E-state index in [1.165, 1.54) is 0 Å². The van der Waals surface area contributed by atoms with Crippen LogP contribution in [0.4, 0.5) is 0 Å². The molecule has 0 aliphatic carbocycles. The van der Waals surface area contributed by atoms with Gasteiger partial charge < -0.3 is 19.8 Å². The lowest BCUT2D eigenvalue weighted by atomic mass is 10.1. The van der Waals surface area contributed by atoms with E-state index in [-0.39, 0.29) is 30.0 Å². The van der Waals surface area contributed by atoms with Gasteiger partial charge in [0.2, 0.25) is 0 Å². The predicted octanol–water partition coefficient (Wildman–Crippen LogP) is 2.53. The molecule has 0 bridgehead atoms. The first-order valence-electron chi connectivity index (χ1n) is 9.77. The molecule has 0 saturated carbocycles. The first-order chi connectivity index (χ1) is 13.3. The summed E-state index contributed by atoms with van der Waals surface area (Å²) in [5.41, 5.74) is 0. The van der Waals surface area contributed by atoms with E-state index in [2.05, 4.69) is 27.6 Å². The highest BCUT2D eigenvalue weighted by Gasteiger charge is 2.22. The van der Waals surface area contributed by atoms with Gasteiger partial charge in [-0.1, -0.05) is 13.3 Å². The van der Waals surface area contributed by atoms with Crippen LogP contribution in [0.5, 0.6) is 0 Å². The van der Waals surface area contributed by atoms with Gasteiger partial charge in [0.15, 0.2) is 11.8 Å². The molecule has 1 unspecified atom stereocenters. The number of ether oxygens (including phenoxy) is 1. The van der Waals surface area contributed by atoms with Crippen molar-refractivity contribution in [1.82, 2.24) is 25.4 Å². The van der Waals surface area contributed by atoms with Crippen molar-refractivity contribution in [2.24, 2.45) is 4.99 Å². The SMILES string of the molecule is CCCCN=C(NCCc1ccco1)NC1CCc2nc(COC)nn2C1.I. The van der Waals surface area contributed by atoms with Crippen molar-refractivity contribution < 1.29 is 9.15 Å². The fraction of sp³-hybridized carbons (Fsp3) is 0.632. The van der Waals surface area contributed by atoms with Crippen LogP contribution in [-0.4, -0.2) is 47.0 Å². The summed E-state index contributed by atoms with van der Waals surface area (Å²) < 4.78 is 12.5. The number of aromatic nitrogens is 3. The second kappa shape index (κ2) is 12.1. The molecule has 0 radical (unpaired) electrons. The normalized spacial score (nSPS) is 16.4. The Hall–Kier alpha value is -1.62. The van der Waals surface area contributed by atoms with Gasteiger partial charge in [-0.3, -0.25) is 4.99 Å². The molecule has 9 heteroatoms. The molecule has 0 fully saturated rings. The Labute approximate surface area is 183 Å². The summed E-state index contributed by atoms with van der Waals surface area (Å²) in [6.45, 7) is 5.03. The van der Waals surface area contributed by atoms with Gasteiger partial charge in [0, 0.05) is 39.1 Å². The number of halogens is 1. The number of rotatable bonds is 9. The maximum Gasteiger partial charge on any atom is 0.191 e. The van der Waals surface area contributed by atoms with E-state index in [9.17, 15) is 0 Å². The lowest BCUT2D eigenvalue weighted by Crippen LogP contribution is -2.47. The molecular weight excluding hydrogens is 471 g/mol. The van der Waals surface area contributed by atoms with Crippen LogP contribution in [0.15, 0.2) is 27.8 Å². The number of hydrogen-bond acceptors (Lipinski definition) is 5. The molecule has 2 aromatic rings. The summed E-state index contributed by atoms with van der Waals surface area (Å²) in [5.74, 6) is 3.63. The molecule has 1 aliphatic rings. The monoisotopic (exact) mass is 502 g/mol. The van der Waals surface area contributed by atoms with Crippen LogP contribution >= 0.6 is 24.0 Å². The zero-order valence-corrected chi connectivity index (χ0v) is 19.0. The standard InChI is InChI=1S/C19H30N6O2.HI/c1-3-4-10-20-19(21-11-9-16-6-5-12-27-16)22-15-7-8-18-23-17(14-26-2)24-25(18)13-15;/h5-6,12,15H,3-4,7-11,13-14H2,1-2H3,(H2,20,21,22);1H. The van der Waals surface area contributed by atoms with Crippen LogP contribution in [-0.2, 0) is 30.7 Å². The number of nitrogens with zero attached hydrogens (tertiary/aromatic N) is 4. The number of aryl methyl sites for hydroxylation is 1. The Morgan fingerprint density at radius 1 is 1.46 bits per heavy atom. The van der Waals surface area contributed by atoms with E-state index in [1.54, 1.807) is 13.4 Å². The Balaban J connectivity index is 0.00000280. The van der Waals surface area contributed by atoms with Crippen LogP contribution in [0.2, 0.25) is 0 Å². The van der Waals surface area contributed by atoms with E-state index >= 15 is 0 Å². The highest BCUT2D eigenvalue weighted by molar-refractivity contribution is 14.0. The van der Waals surface area contributed by atoms with E-state index in [0.717, 1.165) is 75.1 Å². The van der Waals surface area contributed by atoms with Gasteiger partial charge in [0.1, 0.15) is 18.2 Å². The first kappa shape index (κ1) is 22.7. The lowest BCUT2D eigenvalue weighted by molar-refractivity contribution is 0.177. The molecular formula is C19H31IN6O2. The molecule has 0 amide bonds. The Morgan fingerprint density at radius 2 is 2.36 bits per heavy atom. The molecule has 0 aromatic carbocycles. The Morgan fingerprint density at radius 3 is 3.11 bits per heavy atom. The van der Waals surface area contributed by atoms with Crippen LogP contribution in [0.25, 0.3) is 0 Å². The molecule has 8 nitrogen and oxygen atoms in total. The number of nitrogens with one attached hydrogen (secondary N) is 2. The average Bonchev–Trinajstić information content (AvgIpc) is 3.31.